The summed E-state index contributed by atoms with van der Waals surface area (Å²) in [6.45, 7) is 0. The van der Waals surface area contributed by atoms with E-state index in [0.29, 0.717) is 17.1 Å². The maximum atomic E-state index is 13.0. The SMILES string of the molecule is CON=C(C(=O)N[C@@H](Cc1ccc(-c2c(OC)cccc2OC)cc1)C(=O)OC)c1ccncc1. The van der Waals surface area contributed by atoms with Gasteiger partial charge in [0.25, 0.3) is 5.91 Å². The molecule has 3 rings (SSSR count). The Morgan fingerprint density at radius 2 is 1.54 bits per heavy atom. The number of carbonyl (C=O) groups excluding carboxylic acids is 2. The highest BCUT2D eigenvalue weighted by molar-refractivity contribution is 6.45. The summed E-state index contributed by atoms with van der Waals surface area (Å²) in [4.78, 5) is 34.2. The van der Waals surface area contributed by atoms with E-state index in [0.717, 1.165) is 16.7 Å². The average molecular weight is 478 g/mol. The van der Waals surface area contributed by atoms with E-state index in [1.165, 1.54) is 26.6 Å². The number of amides is 1. The van der Waals surface area contributed by atoms with Crippen LogP contribution in [0.2, 0.25) is 0 Å². The Kier molecular flexibility index (Phi) is 8.77. The first-order valence-corrected chi connectivity index (χ1v) is 10.7. The number of hydrogen-bond acceptors (Lipinski definition) is 8. The molecule has 1 aromatic heterocycles. The lowest BCUT2D eigenvalue weighted by molar-refractivity contribution is -0.144. The summed E-state index contributed by atoms with van der Waals surface area (Å²) >= 11 is 0. The van der Waals surface area contributed by atoms with E-state index in [4.69, 9.17) is 19.0 Å². The summed E-state index contributed by atoms with van der Waals surface area (Å²) in [5.74, 6) is 0.194. The van der Waals surface area contributed by atoms with Gasteiger partial charge in [-0.15, -0.1) is 0 Å². The summed E-state index contributed by atoms with van der Waals surface area (Å²) in [6.07, 6.45) is 3.27. The highest BCUT2D eigenvalue weighted by atomic mass is 16.6. The molecule has 35 heavy (non-hydrogen) atoms. The minimum Gasteiger partial charge on any atom is -0.496 e. The van der Waals surface area contributed by atoms with Crippen LogP contribution in [0.15, 0.2) is 72.1 Å². The number of pyridine rings is 1. The molecule has 1 N–H and O–H groups in total. The maximum Gasteiger partial charge on any atom is 0.328 e. The molecular weight excluding hydrogens is 450 g/mol. The number of oxime groups is 1. The molecule has 0 aliphatic rings. The lowest BCUT2D eigenvalue weighted by atomic mass is 9.99. The molecule has 3 aromatic rings. The summed E-state index contributed by atoms with van der Waals surface area (Å²) in [5.41, 5.74) is 3.03. The molecule has 9 heteroatoms. The zero-order valence-corrected chi connectivity index (χ0v) is 20.0. The first-order valence-electron chi connectivity index (χ1n) is 10.7. The third kappa shape index (κ3) is 6.14. The normalized spacial score (nSPS) is 11.8. The monoisotopic (exact) mass is 477 g/mol. The Labute approximate surface area is 203 Å². The zero-order chi connectivity index (χ0) is 25.2. The predicted octanol–water partition coefficient (Wildman–Crippen LogP) is 3.02. The lowest BCUT2D eigenvalue weighted by Crippen LogP contribution is -2.46. The average Bonchev–Trinajstić information content (AvgIpc) is 2.91. The van der Waals surface area contributed by atoms with Gasteiger partial charge in [-0.25, -0.2) is 4.79 Å². The highest BCUT2D eigenvalue weighted by Gasteiger charge is 2.25. The van der Waals surface area contributed by atoms with E-state index in [1.807, 2.05) is 42.5 Å². The number of methoxy groups -OCH3 is 3. The van der Waals surface area contributed by atoms with Crippen molar-refractivity contribution in [2.24, 2.45) is 5.16 Å². The molecule has 0 unspecified atom stereocenters. The number of carbonyl (C=O) groups is 2. The van der Waals surface area contributed by atoms with Crippen LogP contribution in [0.4, 0.5) is 0 Å². The minimum absolute atomic E-state index is 0.0161. The Morgan fingerprint density at radius 1 is 0.914 bits per heavy atom. The molecule has 9 nitrogen and oxygen atoms in total. The van der Waals surface area contributed by atoms with E-state index >= 15 is 0 Å². The van der Waals surface area contributed by atoms with Gasteiger partial charge in [0.05, 0.1) is 26.9 Å². The molecule has 1 amide bonds. The van der Waals surface area contributed by atoms with Gasteiger partial charge in [-0.2, -0.15) is 0 Å². The fraction of sp³-hybridized carbons (Fsp3) is 0.231. The maximum absolute atomic E-state index is 13.0. The molecule has 0 saturated carbocycles. The highest BCUT2D eigenvalue weighted by Crippen LogP contribution is 2.38. The molecule has 0 aliphatic heterocycles. The largest absolute Gasteiger partial charge is 0.496 e. The molecular formula is C26H27N3O6. The van der Waals surface area contributed by atoms with Crippen molar-refractivity contribution in [3.8, 4) is 22.6 Å². The van der Waals surface area contributed by atoms with Gasteiger partial charge in [0, 0.05) is 24.4 Å². The van der Waals surface area contributed by atoms with Crippen molar-refractivity contribution in [1.82, 2.24) is 10.3 Å². The Morgan fingerprint density at radius 3 is 2.09 bits per heavy atom. The van der Waals surface area contributed by atoms with Crippen LogP contribution in [0.1, 0.15) is 11.1 Å². The molecule has 0 aliphatic carbocycles. The summed E-state index contributed by atoms with van der Waals surface area (Å²) in [6, 6.07) is 15.4. The van der Waals surface area contributed by atoms with Crippen molar-refractivity contribution in [3.05, 3.63) is 78.1 Å². The molecule has 0 fully saturated rings. The molecule has 0 saturated heterocycles. The van der Waals surface area contributed by atoms with Crippen LogP contribution in [0.25, 0.3) is 11.1 Å². The van der Waals surface area contributed by atoms with Crippen LogP contribution in [-0.4, -0.2) is 57.1 Å². The van der Waals surface area contributed by atoms with Gasteiger partial charge in [-0.3, -0.25) is 9.78 Å². The number of nitrogens with zero attached hydrogens (tertiary/aromatic N) is 2. The number of hydrogen-bond donors (Lipinski definition) is 1. The van der Waals surface area contributed by atoms with Crippen molar-refractivity contribution in [1.29, 1.82) is 0 Å². The first kappa shape index (κ1) is 25.2. The second-order valence-electron chi connectivity index (χ2n) is 7.35. The number of aromatic nitrogens is 1. The fourth-order valence-electron chi connectivity index (χ4n) is 3.57. The van der Waals surface area contributed by atoms with Crippen molar-refractivity contribution in [2.75, 3.05) is 28.4 Å². The Balaban J connectivity index is 1.83. The van der Waals surface area contributed by atoms with Gasteiger partial charge in [0.2, 0.25) is 0 Å². The van der Waals surface area contributed by atoms with E-state index in [-0.39, 0.29) is 12.1 Å². The number of esters is 1. The van der Waals surface area contributed by atoms with Crippen molar-refractivity contribution >= 4 is 17.6 Å². The second-order valence-corrected chi connectivity index (χ2v) is 7.35. The van der Waals surface area contributed by atoms with E-state index in [1.54, 1.807) is 26.4 Å². The predicted molar refractivity (Wildman–Crippen MR) is 130 cm³/mol. The molecule has 0 bridgehead atoms. The molecule has 1 heterocycles. The number of rotatable bonds is 10. The number of benzene rings is 2. The Hall–Kier alpha value is -4.40. The molecule has 182 valence electrons. The first-order chi connectivity index (χ1) is 17.0. The van der Waals surface area contributed by atoms with Crippen molar-refractivity contribution in [3.63, 3.8) is 0 Å². The second kappa shape index (κ2) is 12.2. The standard InChI is InChI=1S/C26H27N3O6/c1-32-21-6-5-7-22(33-2)23(21)18-10-8-17(9-11-18)16-20(26(31)34-3)28-25(30)24(29-35-4)19-12-14-27-15-13-19/h5-15,20H,16H2,1-4H3,(H,28,30)/t20-/m0/s1. The van der Waals surface area contributed by atoms with Gasteiger partial charge in [0.15, 0.2) is 5.71 Å². The van der Waals surface area contributed by atoms with Crippen LogP contribution < -0.4 is 14.8 Å². The van der Waals surface area contributed by atoms with Gasteiger partial charge in [-0.1, -0.05) is 35.5 Å². The van der Waals surface area contributed by atoms with E-state index in [2.05, 4.69) is 15.5 Å². The Bertz CT molecular complexity index is 1160. The number of nitrogens with one attached hydrogen (secondary N) is 1. The quantitative estimate of drug-likeness (QED) is 0.272. The van der Waals surface area contributed by atoms with Crippen molar-refractivity contribution in [2.45, 2.75) is 12.5 Å². The molecule has 1 atom stereocenters. The smallest absolute Gasteiger partial charge is 0.328 e. The third-order valence-electron chi connectivity index (χ3n) is 5.25. The fourth-order valence-corrected chi connectivity index (χ4v) is 3.57. The van der Waals surface area contributed by atoms with Crippen LogP contribution in [0, 0.1) is 0 Å². The summed E-state index contributed by atoms with van der Waals surface area (Å²) < 4.78 is 15.9. The van der Waals surface area contributed by atoms with E-state index in [9.17, 15) is 9.59 Å². The lowest BCUT2D eigenvalue weighted by Gasteiger charge is -2.18. The van der Waals surface area contributed by atoms with Gasteiger partial charge < -0.3 is 24.4 Å². The van der Waals surface area contributed by atoms with E-state index < -0.39 is 17.9 Å². The van der Waals surface area contributed by atoms with Gasteiger partial charge in [-0.05, 0) is 35.4 Å². The van der Waals surface area contributed by atoms with Gasteiger partial charge in [0.1, 0.15) is 24.7 Å². The van der Waals surface area contributed by atoms with Crippen molar-refractivity contribution < 1.29 is 28.6 Å². The zero-order valence-electron chi connectivity index (χ0n) is 20.0. The summed E-state index contributed by atoms with van der Waals surface area (Å²) in [7, 11) is 5.81. The molecule has 0 radical (unpaired) electrons. The molecule has 2 aromatic carbocycles. The number of ether oxygens (including phenoxy) is 3. The van der Waals surface area contributed by atoms with Crippen LogP contribution in [0.3, 0.4) is 0 Å². The summed E-state index contributed by atoms with van der Waals surface area (Å²) in [5, 5.41) is 6.52. The minimum atomic E-state index is -0.942. The topological polar surface area (TPSA) is 108 Å². The van der Waals surface area contributed by atoms with Crippen LogP contribution >= 0.6 is 0 Å². The van der Waals surface area contributed by atoms with Gasteiger partial charge >= 0.3 is 5.97 Å². The van der Waals surface area contributed by atoms with Crippen LogP contribution in [0.5, 0.6) is 11.5 Å². The van der Waals surface area contributed by atoms with Crippen LogP contribution in [-0.2, 0) is 25.6 Å². The molecule has 0 spiro atoms. The third-order valence-corrected chi connectivity index (χ3v) is 5.25.